The first-order valence-electron chi connectivity index (χ1n) is 6.62. The summed E-state index contributed by atoms with van der Waals surface area (Å²) in [6, 6.07) is 13.8. The first-order chi connectivity index (χ1) is 10.3. The van der Waals surface area contributed by atoms with Crippen molar-refractivity contribution in [3.63, 3.8) is 0 Å². The largest absolute Gasteiger partial charge is 0.493 e. The maximum atomic E-state index is 5.33. The number of hydrogen-bond donors (Lipinski definition) is 0. The van der Waals surface area contributed by atoms with Crippen molar-refractivity contribution in [3.8, 4) is 17.2 Å². The molecule has 2 rings (SSSR count). The molecule has 0 aliphatic rings. The van der Waals surface area contributed by atoms with E-state index in [4.69, 9.17) is 14.2 Å². The molecule has 4 heteroatoms. The van der Waals surface area contributed by atoms with Crippen molar-refractivity contribution in [2.24, 2.45) is 4.99 Å². The Bertz CT molecular complexity index is 584. The Labute approximate surface area is 125 Å². The zero-order valence-electron chi connectivity index (χ0n) is 12.5. The van der Waals surface area contributed by atoms with E-state index in [-0.39, 0.29) is 0 Å². The molecule has 0 heterocycles. The van der Waals surface area contributed by atoms with Crippen molar-refractivity contribution in [1.29, 1.82) is 0 Å². The average molecular weight is 285 g/mol. The Morgan fingerprint density at radius 3 is 2.05 bits per heavy atom. The maximum absolute atomic E-state index is 5.33. The van der Waals surface area contributed by atoms with Gasteiger partial charge in [-0.1, -0.05) is 30.3 Å². The third-order valence-electron chi connectivity index (χ3n) is 3.04. The van der Waals surface area contributed by atoms with Gasteiger partial charge in [-0.15, -0.1) is 0 Å². The van der Waals surface area contributed by atoms with E-state index in [0.29, 0.717) is 23.8 Å². The summed E-state index contributed by atoms with van der Waals surface area (Å²) in [6.45, 7) is 0.547. The van der Waals surface area contributed by atoms with Crippen LogP contribution in [0.3, 0.4) is 0 Å². The molecule has 4 nitrogen and oxygen atoms in total. The molecule has 0 aromatic heterocycles. The highest BCUT2D eigenvalue weighted by Gasteiger charge is 2.12. The summed E-state index contributed by atoms with van der Waals surface area (Å²) in [5.74, 6) is 1.87. The van der Waals surface area contributed by atoms with Crippen LogP contribution in [0.2, 0.25) is 0 Å². The summed E-state index contributed by atoms with van der Waals surface area (Å²) in [5, 5.41) is 0. The van der Waals surface area contributed by atoms with E-state index in [1.54, 1.807) is 21.3 Å². The molecule has 21 heavy (non-hydrogen) atoms. The second-order valence-corrected chi connectivity index (χ2v) is 4.41. The number of benzene rings is 2. The SMILES string of the molecule is COc1cc(CN=Cc2ccccc2)cc(OC)c1OC. The molecule has 0 aliphatic heterocycles. The van der Waals surface area contributed by atoms with Crippen molar-refractivity contribution in [2.45, 2.75) is 6.54 Å². The summed E-state index contributed by atoms with van der Waals surface area (Å²) in [7, 11) is 4.80. The molecule has 0 amide bonds. The molecule has 2 aromatic carbocycles. The van der Waals surface area contributed by atoms with E-state index in [0.717, 1.165) is 11.1 Å². The minimum Gasteiger partial charge on any atom is -0.493 e. The van der Waals surface area contributed by atoms with Crippen LogP contribution in [-0.2, 0) is 6.54 Å². The second kappa shape index (κ2) is 7.33. The van der Waals surface area contributed by atoms with Gasteiger partial charge in [0.15, 0.2) is 11.5 Å². The molecule has 0 atom stereocenters. The summed E-state index contributed by atoms with van der Waals surface area (Å²) < 4.78 is 16.0. The van der Waals surface area contributed by atoms with Crippen LogP contribution in [-0.4, -0.2) is 27.5 Å². The van der Waals surface area contributed by atoms with Crippen molar-refractivity contribution in [3.05, 3.63) is 53.6 Å². The molecule has 0 saturated heterocycles. The number of nitrogens with zero attached hydrogens (tertiary/aromatic N) is 1. The quantitative estimate of drug-likeness (QED) is 0.764. The lowest BCUT2D eigenvalue weighted by Gasteiger charge is -2.13. The van der Waals surface area contributed by atoms with Gasteiger partial charge >= 0.3 is 0 Å². The monoisotopic (exact) mass is 285 g/mol. The van der Waals surface area contributed by atoms with Gasteiger partial charge in [0.2, 0.25) is 5.75 Å². The minimum absolute atomic E-state index is 0.547. The van der Waals surface area contributed by atoms with Crippen molar-refractivity contribution >= 4 is 6.21 Å². The zero-order valence-corrected chi connectivity index (χ0v) is 12.5. The molecule has 0 fully saturated rings. The number of rotatable bonds is 6. The number of ether oxygens (including phenoxy) is 3. The van der Waals surface area contributed by atoms with Gasteiger partial charge in [0, 0.05) is 6.21 Å². The van der Waals surface area contributed by atoms with Crippen molar-refractivity contribution < 1.29 is 14.2 Å². The molecular weight excluding hydrogens is 266 g/mol. The Morgan fingerprint density at radius 2 is 1.52 bits per heavy atom. The zero-order chi connectivity index (χ0) is 15.1. The summed E-state index contributed by atoms with van der Waals surface area (Å²) in [4.78, 5) is 4.44. The molecule has 2 aromatic rings. The van der Waals surface area contributed by atoms with E-state index in [2.05, 4.69) is 4.99 Å². The summed E-state index contributed by atoms with van der Waals surface area (Å²) >= 11 is 0. The van der Waals surface area contributed by atoms with E-state index in [1.165, 1.54) is 0 Å². The number of methoxy groups -OCH3 is 3. The fourth-order valence-corrected chi connectivity index (χ4v) is 2.02. The van der Waals surface area contributed by atoms with Gasteiger partial charge in [-0.05, 0) is 23.3 Å². The normalized spacial score (nSPS) is 10.6. The molecule has 0 aliphatic carbocycles. The molecule has 0 unspecified atom stereocenters. The highest BCUT2D eigenvalue weighted by atomic mass is 16.5. The first kappa shape index (κ1) is 14.9. The van der Waals surface area contributed by atoms with Crippen LogP contribution in [0.15, 0.2) is 47.5 Å². The smallest absolute Gasteiger partial charge is 0.203 e. The molecule has 0 spiro atoms. The predicted octanol–water partition coefficient (Wildman–Crippen LogP) is 3.33. The third-order valence-corrected chi connectivity index (χ3v) is 3.04. The van der Waals surface area contributed by atoms with Crippen LogP contribution in [0.5, 0.6) is 17.2 Å². The van der Waals surface area contributed by atoms with Gasteiger partial charge in [0.05, 0.1) is 27.9 Å². The first-order valence-corrected chi connectivity index (χ1v) is 6.62. The lowest BCUT2D eigenvalue weighted by atomic mass is 10.2. The van der Waals surface area contributed by atoms with Gasteiger partial charge < -0.3 is 14.2 Å². The predicted molar refractivity (Wildman–Crippen MR) is 83.8 cm³/mol. The van der Waals surface area contributed by atoms with E-state index in [9.17, 15) is 0 Å². The van der Waals surface area contributed by atoms with Crippen LogP contribution >= 0.6 is 0 Å². The Morgan fingerprint density at radius 1 is 0.905 bits per heavy atom. The maximum Gasteiger partial charge on any atom is 0.203 e. The fourth-order valence-electron chi connectivity index (χ4n) is 2.02. The van der Waals surface area contributed by atoms with E-state index in [1.807, 2.05) is 48.7 Å². The highest BCUT2D eigenvalue weighted by molar-refractivity contribution is 5.79. The highest BCUT2D eigenvalue weighted by Crippen LogP contribution is 2.38. The number of hydrogen-bond acceptors (Lipinski definition) is 4. The molecule has 0 bridgehead atoms. The third kappa shape index (κ3) is 3.75. The van der Waals surface area contributed by atoms with E-state index < -0.39 is 0 Å². The molecular formula is C17H19NO3. The van der Waals surface area contributed by atoms with Gasteiger partial charge in [0.25, 0.3) is 0 Å². The lowest BCUT2D eigenvalue weighted by molar-refractivity contribution is 0.324. The summed E-state index contributed by atoms with van der Waals surface area (Å²) in [5.41, 5.74) is 2.07. The molecule has 110 valence electrons. The molecule has 0 radical (unpaired) electrons. The minimum atomic E-state index is 0.547. The van der Waals surface area contributed by atoms with Crippen molar-refractivity contribution in [1.82, 2.24) is 0 Å². The van der Waals surface area contributed by atoms with Crippen molar-refractivity contribution in [2.75, 3.05) is 21.3 Å². The second-order valence-electron chi connectivity index (χ2n) is 4.41. The average Bonchev–Trinajstić information content (AvgIpc) is 2.54. The van der Waals surface area contributed by atoms with E-state index >= 15 is 0 Å². The van der Waals surface area contributed by atoms with Crippen LogP contribution in [0, 0.1) is 0 Å². The molecule has 0 N–H and O–H groups in total. The number of aliphatic imine (C=N–C) groups is 1. The Hall–Kier alpha value is -2.49. The van der Waals surface area contributed by atoms with Crippen LogP contribution in [0.25, 0.3) is 0 Å². The standard InChI is InChI=1S/C17H19NO3/c1-19-15-9-14(10-16(20-2)17(15)21-3)12-18-11-13-7-5-4-6-8-13/h4-11H,12H2,1-3H3. The van der Waals surface area contributed by atoms with Crippen LogP contribution < -0.4 is 14.2 Å². The topological polar surface area (TPSA) is 40.0 Å². The Kier molecular flexibility index (Phi) is 5.21. The van der Waals surface area contributed by atoms with Gasteiger partial charge in [0.1, 0.15) is 0 Å². The van der Waals surface area contributed by atoms with Crippen LogP contribution in [0.1, 0.15) is 11.1 Å². The van der Waals surface area contributed by atoms with Gasteiger partial charge in [-0.2, -0.15) is 0 Å². The fraction of sp³-hybridized carbons (Fsp3) is 0.235. The lowest BCUT2D eigenvalue weighted by Crippen LogP contribution is -1.97. The summed E-state index contributed by atoms with van der Waals surface area (Å²) in [6.07, 6.45) is 1.85. The van der Waals surface area contributed by atoms with Gasteiger partial charge in [-0.3, -0.25) is 4.99 Å². The Balaban J connectivity index is 2.18. The molecule has 0 saturated carbocycles. The van der Waals surface area contributed by atoms with Crippen LogP contribution in [0.4, 0.5) is 0 Å². The van der Waals surface area contributed by atoms with Gasteiger partial charge in [-0.25, -0.2) is 0 Å².